The smallest absolute Gasteiger partial charge is 0.252 e. The fourth-order valence-electron chi connectivity index (χ4n) is 1.37. The predicted octanol–water partition coefficient (Wildman–Crippen LogP) is -0.285. The van der Waals surface area contributed by atoms with Crippen molar-refractivity contribution in [3.8, 4) is 0 Å². The summed E-state index contributed by atoms with van der Waals surface area (Å²) < 4.78 is 0. The number of nitrogens with one attached hydrogen (secondary N) is 2. The first kappa shape index (κ1) is 12.8. The Bertz CT molecular complexity index is 425. The Morgan fingerprint density at radius 1 is 1.18 bits per heavy atom. The molecule has 0 aromatic heterocycles. The molecule has 6 heteroatoms. The highest BCUT2D eigenvalue weighted by molar-refractivity contribution is 5.98. The minimum Gasteiger partial charge on any atom is -0.399 e. The first-order valence-electron chi connectivity index (χ1n) is 5.12. The standard InChI is InChI=1S/C11H16N4O2/c1-6(10(16)14-2)15-11(17)7-3-8(12)5-9(13)4-7/h3-6H,12-13H2,1-2H3,(H,14,16)(H,15,17). The number of carbonyl (C=O) groups is 2. The maximum Gasteiger partial charge on any atom is 0.252 e. The van der Waals surface area contributed by atoms with E-state index < -0.39 is 6.04 Å². The van der Waals surface area contributed by atoms with Gasteiger partial charge in [-0.3, -0.25) is 9.59 Å². The van der Waals surface area contributed by atoms with E-state index in [1.807, 2.05) is 0 Å². The number of nitrogen functional groups attached to an aromatic ring is 2. The third-order valence-electron chi connectivity index (χ3n) is 2.23. The van der Waals surface area contributed by atoms with E-state index in [0.717, 1.165) is 0 Å². The zero-order valence-electron chi connectivity index (χ0n) is 9.78. The normalized spacial score (nSPS) is 11.6. The summed E-state index contributed by atoms with van der Waals surface area (Å²) in [5.74, 6) is -0.657. The highest BCUT2D eigenvalue weighted by Crippen LogP contribution is 2.13. The molecule has 0 aliphatic heterocycles. The molecule has 0 aliphatic rings. The summed E-state index contributed by atoms with van der Waals surface area (Å²) in [4.78, 5) is 23.0. The van der Waals surface area contributed by atoms with Crippen LogP contribution in [-0.4, -0.2) is 24.9 Å². The summed E-state index contributed by atoms with van der Waals surface area (Å²) >= 11 is 0. The number of amides is 2. The number of benzene rings is 1. The van der Waals surface area contributed by atoms with E-state index in [1.54, 1.807) is 13.0 Å². The molecule has 0 saturated heterocycles. The third kappa shape index (κ3) is 3.37. The number of hydrogen-bond donors (Lipinski definition) is 4. The van der Waals surface area contributed by atoms with Crippen LogP contribution in [0.2, 0.25) is 0 Å². The summed E-state index contributed by atoms with van der Waals surface area (Å²) in [6.45, 7) is 1.59. The van der Waals surface area contributed by atoms with E-state index in [4.69, 9.17) is 11.5 Å². The van der Waals surface area contributed by atoms with Crippen molar-refractivity contribution in [3.05, 3.63) is 23.8 Å². The molecular formula is C11H16N4O2. The van der Waals surface area contributed by atoms with Crippen molar-refractivity contribution < 1.29 is 9.59 Å². The van der Waals surface area contributed by atoms with Gasteiger partial charge >= 0.3 is 0 Å². The summed E-state index contributed by atoms with van der Waals surface area (Å²) in [5, 5.41) is 4.98. The van der Waals surface area contributed by atoms with Gasteiger partial charge in [-0.05, 0) is 25.1 Å². The quantitative estimate of drug-likeness (QED) is 0.541. The van der Waals surface area contributed by atoms with Gasteiger partial charge in [0.25, 0.3) is 5.91 Å². The van der Waals surface area contributed by atoms with Crippen LogP contribution in [0.25, 0.3) is 0 Å². The number of likely N-dealkylation sites (N-methyl/N-ethyl adjacent to an activating group) is 1. The van der Waals surface area contributed by atoms with Gasteiger partial charge in [-0.2, -0.15) is 0 Å². The van der Waals surface area contributed by atoms with Gasteiger partial charge in [0.15, 0.2) is 0 Å². The summed E-state index contributed by atoms with van der Waals surface area (Å²) in [6, 6.07) is 3.94. The van der Waals surface area contributed by atoms with Gasteiger partial charge in [0, 0.05) is 24.0 Å². The van der Waals surface area contributed by atoms with Crippen LogP contribution >= 0.6 is 0 Å². The lowest BCUT2D eigenvalue weighted by Crippen LogP contribution is -2.43. The fraction of sp³-hybridized carbons (Fsp3) is 0.273. The molecule has 92 valence electrons. The van der Waals surface area contributed by atoms with Crippen LogP contribution in [-0.2, 0) is 4.79 Å². The Morgan fingerprint density at radius 3 is 2.18 bits per heavy atom. The van der Waals surface area contributed by atoms with Gasteiger partial charge < -0.3 is 22.1 Å². The summed E-state index contributed by atoms with van der Waals surface area (Å²) in [5.41, 5.74) is 12.3. The molecule has 1 unspecified atom stereocenters. The van der Waals surface area contributed by atoms with Crippen molar-refractivity contribution in [2.45, 2.75) is 13.0 Å². The van der Waals surface area contributed by atoms with E-state index in [1.165, 1.54) is 19.2 Å². The number of anilines is 2. The molecule has 0 radical (unpaired) electrons. The zero-order chi connectivity index (χ0) is 13.0. The van der Waals surface area contributed by atoms with Crippen LogP contribution in [0.5, 0.6) is 0 Å². The monoisotopic (exact) mass is 236 g/mol. The first-order chi connectivity index (χ1) is 7.93. The molecule has 6 N–H and O–H groups in total. The second kappa shape index (κ2) is 5.20. The topological polar surface area (TPSA) is 110 Å². The van der Waals surface area contributed by atoms with Crippen LogP contribution in [0, 0.1) is 0 Å². The predicted molar refractivity (Wildman–Crippen MR) is 66.3 cm³/mol. The molecule has 2 amide bonds. The van der Waals surface area contributed by atoms with Crippen molar-refractivity contribution in [2.24, 2.45) is 0 Å². The highest BCUT2D eigenvalue weighted by atomic mass is 16.2. The average molecular weight is 236 g/mol. The number of carbonyl (C=O) groups excluding carboxylic acids is 2. The van der Waals surface area contributed by atoms with Gasteiger partial charge in [-0.15, -0.1) is 0 Å². The van der Waals surface area contributed by atoms with E-state index >= 15 is 0 Å². The Balaban J connectivity index is 2.79. The van der Waals surface area contributed by atoms with Gasteiger partial charge in [0.05, 0.1) is 0 Å². The lowest BCUT2D eigenvalue weighted by Gasteiger charge is -2.12. The molecule has 1 atom stereocenters. The molecule has 17 heavy (non-hydrogen) atoms. The Kier molecular flexibility index (Phi) is 3.92. The Hall–Kier alpha value is -2.24. The zero-order valence-corrected chi connectivity index (χ0v) is 9.78. The summed E-state index contributed by atoms with van der Waals surface area (Å²) in [7, 11) is 1.50. The van der Waals surface area contributed by atoms with Crippen LogP contribution in [0.15, 0.2) is 18.2 Å². The largest absolute Gasteiger partial charge is 0.399 e. The molecule has 0 heterocycles. The maximum absolute atomic E-state index is 11.8. The van der Waals surface area contributed by atoms with Crippen LogP contribution in [0.1, 0.15) is 17.3 Å². The molecule has 0 fully saturated rings. The summed E-state index contributed by atoms with van der Waals surface area (Å²) in [6.07, 6.45) is 0. The Labute approximate surface area is 99.4 Å². The molecule has 1 aromatic carbocycles. The lowest BCUT2D eigenvalue weighted by molar-refractivity contribution is -0.122. The molecular weight excluding hydrogens is 220 g/mol. The number of rotatable bonds is 3. The van der Waals surface area contributed by atoms with Gasteiger partial charge in [0.1, 0.15) is 6.04 Å². The number of nitrogens with two attached hydrogens (primary N) is 2. The fourth-order valence-corrected chi connectivity index (χ4v) is 1.37. The second-order valence-electron chi connectivity index (χ2n) is 3.70. The Morgan fingerprint density at radius 2 is 1.71 bits per heavy atom. The molecule has 1 aromatic rings. The van der Waals surface area contributed by atoms with Crippen LogP contribution in [0.3, 0.4) is 0 Å². The van der Waals surface area contributed by atoms with E-state index in [0.29, 0.717) is 16.9 Å². The van der Waals surface area contributed by atoms with Gasteiger partial charge in [0.2, 0.25) is 5.91 Å². The van der Waals surface area contributed by atoms with Crippen molar-refractivity contribution in [2.75, 3.05) is 18.5 Å². The van der Waals surface area contributed by atoms with Crippen molar-refractivity contribution in [3.63, 3.8) is 0 Å². The molecule has 0 saturated carbocycles. The average Bonchev–Trinajstić information content (AvgIpc) is 2.26. The minimum absolute atomic E-state index is 0.268. The van der Waals surface area contributed by atoms with Gasteiger partial charge in [-0.1, -0.05) is 0 Å². The van der Waals surface area contributed by atoms with Crippen LogP contribution < -0.4 is 22.1 Å². The highest BCUT2D eigenvalue weighted by Gasteiger charge is 2.15. The van der Waals surface area contributed by atoms with E-state index in [9.17, 15) is 9.59 Å². The third-order valence-corrected chi connectivity index (χ3v) is 2.23. The maximum atomic E-state index is 11.8. The molecule has 0 aliphatic carbocycles. The molecule has 0 spiro atoms. The molecule has 0 bridgehead atoms. The van der Waals surface area contributed by atoms with Crippen LogP contribution in [0.4, 0.5) is 11.4 Å². The molecule has 1 rings (SSSR count). The SMILES string of the molecule is CNC(=O)C(C)NC(=O)c1cc(N)cc(N)c1. The van der Waals surface area contributed by atoms with Gasteiger partial charge in [-0.25, -0.2) is 0 Å². The molecule has 6 nitrogen and oxygen atoms in total. The second-order valence-corrected chi connectivity index (χ2v) is 3.70. The minimum atomic E-state index is -0.616. The van der Waals surface area contributed by atoms with Crippen molar-refractivity contribution in [1.29, 1.82) is 0 Å². The van der Waals surface area contributed by atoms with E-state index in [-0.39, 0.29) is 11.8 Å². The lowest BCUT2D eigenvalue weighted by atomic mass is 10.1. The van der Waals surface area contributed by atoms with Crippen molar-refractivity contribution >= 4 is 23.2 Å². The first-order valence-corrected chi connectivity index (χ1v) is 5.12. The number of hydrogen-bond acceptors (Lipinski definition) is 4. The van der Waals surface area contributed by atoms with Crippen molar-refractivity contribution in [1.82, 2.24) is 10.6 Å². The van der Waals surface area contributed by atoms with E-state index in [2.05, 4.69) is 10.6 Å².